The van der Waals surface area contributed by atoms with Gasteiger partial charge >= 0.3 is 0 Å². The summed E-state index contributed by atoms with van der Waals surface area (Å²) in [6, 6.07) is 2.71. The van der Waals surface area contributed by atoms with E-state index >= 15 is 0 Å². The topological polar surface area (TPSA) is 41.7 Å². The van der Waals surface area contributed by atoms with Crippen LogP contribution in [-0.4, -0.2) is 59.4 Å². The Morgan fingerprint density at radius 1 is 1.24 bits per heavy atom. The molecule has 1 aromatic rings. The Bertz CT molecular complexity index is 561. The van der Waals surface area contributed by atoms with Crippen molar-refractivity contribution >= 4 is 0 Å². The predicted molar refractivity (Wildman–Crippen MR) is 97.4 cm³/mol. The molecule has 3 aliphatic rings. The van der Waals surface area contributed by atoms with Crippen LogP contribution in [0, 0.1) is 12.8 Å². The van der Waals surface area contributed by atoms with E-state index in [0.29, 0.717) is 11.6 Å². The number of ether oxygens (including phenoxy) is 1. The quantitative estimate of drug-likeness (QED) is 0.757. The Kier molecular flexibility index (Phi) is 5.16. The Morgan fingerprint density at radius 3 is 2.68 bits per heavy atom. The first kappa shape index (κ1) is 17.5. The molecule has 3 fully saturated rings. The van der Waals surface area contributed by atoms with Crippen LogP contribution in [0.4, 0.5) is 0 Å². The standard InChI is InChI=1S/C20H33N3O2/c1-3-24-15-19-6-7-20(23(19)13-17-4-5-17)8-10-22(11-9-20)14-18-12-16(2)25-21-18/h12,17,19H,3-11,13-15H2,1-2H3. The van der Waals surface area contributed by atoms with E-state index in [2.05, 4.69) is 27.9 Å². The number of hydrogen-bond acceptors (Lipinski definition) is 5. The number of aromatic nitrogens is 1. The molecule has 140 valence electrons. The number of aryl methyl sites for hydroxylation is 1. The molecule has 1 aliphatic carbocycles. The van der Waals surface area contributed by atoms with Gasteiger partial charge < -0.3 is 9.26 Å². The second-order valence-corrected chi connectivity index (χ2v) is 8.38. The van der Waals surface area contributed by atoms with Crippen LogP contribution in [0.1, 0.15) is 56.9 Å². The molecule has 1 saturated carbocycles. The minimum Gasteiger partial charge on any atom is -0.380 e. The van der Waals surface area contributed by atoms with Gasteiger partial charge in [0.1, 0.15) is 5.76 Å². The summed E-state index contributed by atoms with van der Waals surface area (Å²) in [7, 11) is 0. The van der Waals surface area contributed by atoms with Gasteiger partial charge in [0.15, 0.2) is 0 Å². The summed E-state index contributed by atoms with van der Waals surface area (Å²) in [4.78, 5) is 5.42. The Morgan fingerprint density at radius 2 is 2.04 bits per heavy atom. The zero-order valence-electron chi connectivity index (χ0n) is 15.9. The van der Waals surface area contributed by atoms with Crippen LogP contribution < -0.4 is 0 Å². The molecule has 0 radical (unpaired) electrons. The summed E-state index contributed by atoms with van der Waals surface area (Å²) >= 11 is 0. The molecule has 2 saturated heterocycles. The Hall–Kier alpha value is -0.910. The van der Waals surface area contributed by atoms with Crippen molar-refractivity contribution in [3.8, 4) is 0 Å². The monoisotopic (exact) mass is 347 g/mol. The highest BCUT2D eigenvalue weighted by molar-refractivity contribution is 5.07. The minimum absolute atomic E-state index is 0.431. The highest BCUT2D eigenvalue weighted by Gasteiger charge is 2.48. The normalized spacial score (nSPS) is 27.4. The van der Waals surface area contributed by atoms with Crippen LogP contribution in [0.25, 0.3) is 0 Å². The molecule has 0 amide bonds. The first-order chi connectivity index (χ1) is 12.2. The van der Waals surface area contributed by atoms with Crippen molar-refractivity contribution in [3.63, 3.8) is 0 Å². The molecule has 1 unspecified atom stereocenters. The van der Waals surface area contributed by atoms with Crippen molar-refractivity contribution in [2.75, 3.05) is 32.8 Å². The number of hydrogen-bond donors (Lipinski definition) is 0. The molecule has 0 aromatic carbocycles. The van der Waals surface area contributed by atoms with Crippen LogP contribution in [-0.2, 0) is 11.3 Å². The lowest BCUT2D eigenvalue weighted by Crippen LogP contribution is -2.55. The highest BCUT2D eigenvalue weighted by atomic mass is 16.5. The summed E-state index contributed by atoms with van der Waals surface area (Å²) in [5.74, 6) is 1.86. The molecule has 5 heteroatoms. The summed E-state index contributed by atoms with van der Waals surface area (Å²) in [5, 5.41) is 4.16. The third kappa shape index (κ3) is 3.93. The fraction of sp³-hybridized carbons (Fsp3) is 0.850. The average Bonchev–Trinajstić information content (AvgIpc) is 3.26. The van der Waals surface area contributed by atoms with Crippen LogP contribution in [0.5, 0.6) is 0 Å². The highest BCUT2D eigenvalue weighted by Crippen LogP contribution is 2.44. The van der Waals surface area contributed by atoms with Crippen LogP contribution in [0.3, 0.4) is 0 Å². The lowest BCUT2D eigenvalue weighted by Gasteiger charge is -2.46. The van der Waals surface area contributed by atoms with E-state index in [1.54, 1.807) is 0 Å². The second kappa shape index (κ2) is 7.37. The van der Waals surface area contributed by atoms with Crippen molar-refractivity contribution in [2.45, 2.75) is 70.5 Å². The lowest BCUT2D eigenvalue weighted by atomic mass is 9.84. The molecule has 1 aromatic heterocycles. The van der Waals surface area contributed by atoms with Gasteiger partial charge in [0, 0.05) is 50.4 Å². The summed E-state index contributed by atoms with van der Waals surface area (Å²) < 4.78 is 11.0. The molecule has 5 nitrogen and oxygen atoms in total. The van der Waals surface area contributed by atoms with E-state index in [4.69, 9.17) is 9.26 Å². The molecule has 0 N–H and O–H groups in total. The van der Waals surface area contributed by atoms with E-state index in [1.807, 2.05) is 6.92 Å². The van der Waals surface area contributed by atoms with Crippen molar-refractivity contribution in [3.05, 3.63) is 17.5 Å². The molecule has 4 rings (SSSR count). The van der Waals surface area contributed by atoms with E-state index < -0.39 is 0 Å². The predicted octanol–water partition coefficient (Wildman–Crippen LogP) is 3.23. The van der Waals surface area contributed by atoms with Crippen molar-refractivity contribution in [1.82, 2.24) is 15.0 Å². The smallest absolute Gasteiger partial charge is 0.133 e. The van der Waals surface area contributed by atoms with Crippen LogP contribution in [0.15, 0.2) is 10.6 Å². The van der Waals surface area contributed by atoms with Gasteiger partial charge in [-0.1, -0.05) is 5.16 Å². The third-order valence-electron chi connectivity index (χ3n) is 6.51. The largest absolute Gasteiger partial charge is 0.380 e. The van der Waals surface area contributed by atoms with E-state index in [0.717, 1.165) is 37.1 Å². The Balaban J connectivity index is 1.37. The van der Waals surface area contributed by atoms with Crippen molar-refractivity contribution < 1.29 is 9.26 Å². The van der Waals surface area contributed by atoms with E-state index in [9.17, 15) is 0 Å². The zero-order chi connectivity index (χ0) is 17.3. The van der Waals surface area contributed by atoms with Gasteiger partial charge in [-0.25, -0.2) is 0 Å². The molecule has 3 heterocycles. The van der Waals surface area contributed by atoms with Crippen LogP contribution >= 0.6 is 0 Å². The van der Waals surface area contributed by atoms with Gasteiger partial charge in [-0.15, -0.1) is 0 Å². The number of likely N-dealkylation sites (tertiary alicyclic amines) is 2. The van der Waals surface area contributed by atoms with Gasteiger partial charge in [0.2, 0.25) is 0 Å². The average molecular weight is 348 g/mol. The number of rotatable bonds is 7. The maximum Gasteiger partial charge on any atom is 0.133 e. The first-order valence-corrected chi connectivity index (χ1v) is 10.2. The molecular weight excluding hydrogens is 314 g/mol. The molecule has 0 bridgehead atoms. The van der Waals surface area contributed by atoms with Gasteiger partial charge in [0.05, 0.1) is 12.3 Å². The lowest BCUT2D eigenvalue weighted by molar-refractivity contribution is 0.0000634. The number of nitrogens with zero attached hydrogens (tertiary/aromatic N) is 3. The molecular formula is C20H33N3O2. The van der Waals surface area contributed by atoms with Gasteiger partial charge in [0.25, 0.3) is 0 Å². The minimum atomic E-state index is 0.431. The SMILES string of the molecule is CCOCC1CCC2(CCN(Cc3cc(C)on3)CC2)N1CC1CC1. The fourth-order valence-electron chi connectivity index (χ4n) is 4.86. The molecule has 1 spiro atoms. The Labute approximate surface area is 151 Å². The number of piperidine rings is 1. The first-order valence-electron chi connectivity index (χ1n) is 10.2. The fourth-order valence-corrected chi connectivity index (χ4v) is 4.86. The third-order valence-corrected chi connectivity index (χ3v) is 6.51. The summed E-state index contributed by atoms with van der Waals surface area (Å²) in [5.41, 5.74) is 1.50. The zero-order valence-corrected chi connectivity index (χ0v) is 15.9. The molecule has 25 heavy (non-hydrogen) atoms. The van der Waals surface area contributed by atoms with Crippen molar-refractivity contribution in [1.29, 1.82) is 0 Å². The van der Waals surface area contributed by atoms with E-state index in [1.165, 1.54) is 58.2 Å². The van der Waals surface area contributed by atoms with Gasteiger partial charge in [-0.3, -0.25) is 9.80 Å². The summed E-state index contributed by atoms with van der Waals surface area (Å²) in [6.07, 6.45) is 8.12. The van der Waals surface area contributed by atoms with E-state index in [-0.39, 0.29) is 0 Å². The van der Waals surface area contributed by atoms with Gasteiger partial charge in [-0.05, 0) is 58.3 Å². The maximum absolute atomic E-state index is 5.82. The molecule has 1 atom stereocenters. The second-order valence-electron chi connectivity index (χ2n) is 8.38. The van der Waals surface area contributed by atoms with Crippen molar-refractivity contribution in [2.24, 2.45) is 5.92 Å². The maximum atomic E-state index is 5.82. The van der Waals surface area contributed by atoms with Gasteiger partial charge in [-0.2, -0.15) is 0 Å². The summed E-state index contributed by atoms with van der Waals surface area (Å²) in [6.45, 7) is 10.4. The molecule has 2 aliphatic heterocycles. The van der Waals surface area contributed by atoms with Crippen LogP contribution in [0.2, 0.25) is 0 Å².